The normalized spacial score (nSPS) is 25.9. The van der Waals surface area contributed by atoms with Crippen molar-refractivity contribution in [3.63, 3.8) is 0 Å². The molecule has 0 aliphatic carbocycles. The van der Waals surface area contributed by atoms with Crippen molar-refractivity contribution in [3.8, 4) is 0 Å². The van der Waals surface area contributed by atoms with Crippen LogP contribution in [0.3, 0.4) is 0 Å². The monoisotopic (exact) mass is 321 g/mol. The first-order valence-corrected chi connectivity index (χ1v) is 8.55. The molecule has 3 atom stereocenters. The Labute approximate surface area is 138 Å². The molecule has 2 rings (SSSR count). The number of likely N-dealkylation sites (N-methyl/N-ethyl adjacent to an activating group) is 2. The van der Waals surface area contributed by atoms with Crippen LogP contribution in [-0.4, -0.2) is 60.3 Å². The van der Waals surface area contributed by atoms with Crippen molar-refractivity contribution in [2.45, 2.75) is 23.6 Å². The molecule has 0 aromatic rings. The highest BCUT2D eigenvalue weighted by Crippen LogP contribution is 2.44. The van der Waals surface area contributed by atoms with Crippen molar-refractivity contribution in [2.75, 3.05) is 33.7 Å². The van der Waals surface area contributed by atoms with E-state index in [2.05, 4.69) is 45.9 Å². The van der Waals surface area contributed by atoms with Crippen LogP contribution in [0.1, 0.15) is 6.92 Å². The molecule has 1 unspecified atom stereocenters. The Balaban J connectivity index is 1.89. The molecule has 2 fully saturated rings. The number of hydrogen-bond donors (Lipinski definition) is 3. The lowest BCUT2D eigenvalue weighted by Crippen LogP contribution is -2.58. The molecule has 2 aliphatic heterocycles. The van der Waals surface area contributed by atoms with Gasteiger partial charge in [-0.15, -0.1) is 17.5 Å². The van der Waals surface area contributed by atoms with E-state index in [1.807, 2.05) is 44.0 Å². The number of allylic oxidation sites excluding steroid dienone is 1. The second-order valence-electron chi connectivity index (χ2n) is 5.63. The number of hydrazine groups is 1. The minimum atomic E-state index is 0.421. The van der Waals surface area contributed by atoms with E-state index in [4.69, 9.17) is 0 Å². The molecule has 0 spiro atoms. The smallest absolute Gasteiger partial charge is 0.0964 e. The maximum Gasteiger partial charge on any atom is 0.0964 e. The van der Waals surface area contributed by atoms with Crippen molar-refractivity contribution in [3.05, 3.63) is 42.6 Å². The van der Waals surface area contributed by atoms with E-state index < -0.39 is 0 Å². The van der Waals surface area contributed by atoms with E-state index in [1.165, 1.54) is 5.70 Å². The Hall–Kier alpha value is -1.33. The molecule has 122 valence electrons. The summed E-state index contributed by atoms with van der Waals surface area (Å²) in [4.78, 5) is 2.37. The van der Waals surface area contributed by atoms with Crippen LogP contribution in [-0.2, 0) is 0 Å². The van der Waals surface area contributed by atoms with Gasteiger partial charge in [-0.2, -0.15) is 0 Å². The molecule has 5 nitrogen and oxygen atoms in total. The minimum absolute atomic E-state index is 0.421. The van der Waals surface area contributed by atoms with Gasteiger partial charge >= 0.3 is 0 Å². The zero-order valence-corrected chi connectivity index (χ0v) is 14.5. The van der Waals surface area contributed by atoms with E-state index in [0.717, 1.165) is 25.3 Å². The lowest BCUT2D eigenvalue weighted by atomic mass is 10.0. The van der Waals surface area contributed by atoms with Crippen molar-refractivity contribution in [1.82, 2.24) is 26.0 Å². The van der Waals surface area contributed by atoms with E-state index >= 15 is 0 Å². The summed E-state index contributed by atoms with van der Waals surface area (Å²) in [7, 11) is 3.95. The van der Waals surface area contributed by atoms with E-state index in [0.29, 0.717) is 16.7 Å². The molecule has 2 saturated heterocycles. The van der Waals surface area contributed by atoms with Gasteiger partial charge in [-0.05, 0) is 27.1 Å². The summed E-state index contributed by atoms with van der Waals surface area (Å²) in [5.74, 6) is 0. The summed E-state index contributed by atoms with van der Waals surface area (Å²) in [5.41, 5.74) is 8.64. The molecule has 0 amide bonds. The zero-order chi connectivity index (χ0) is 16.1. The molecule has 0 aromatic carbocycles. The third-order valence-electron chi connectivity index (χ3n) is 3.77. The molecule has 22 heavy (non-hydrogen) atoms. The van der Waals surface area contributed by atoms with Gasteiger partial charge in [-0.1, -0.05) is 13.2 Å². The molecule has 0 aromatic heterocycles. The lowest BCUT2D eigenvalue weighted by Gasteiger charge is -2.46. The van der Waals surface area contributed by atoms with Crippen molar-refractivity contribution < 1.29 is 0 Å². The summed E-state index contributed by atoms with van der Waals surface area (Å²) in [6.45, 7) is 12.8. The fourth-order valence-electron chi connectivity index (χ4n) is 2.67. The first-order valence-electron chi connectivity index (χ1n) is 7.61. The highest BCUT2D eigenvalue weighted by atomic mass is 32.2. The predicted molar refractivity (Wildman–Crippen MR) is 95.1 cm³/mol. The molecule has 2 heterocycles. The Morgan fingerprint density at radius 1 is 1.55 bits per heavy atom. The van der Waals surface area contributed by atoms with Crippen LogP contribution in [0.25, 0.3) is 0 Å². The highest BCUT2D eigenvalue weighted by Gasteiger charge is 2.47. The maximum atomic E-state index is 4.14. The van der Waals surface area contributed by atoms with Gasteiger partial charge < -0.3 is 21.0 Å². The molecule has 0 saturated carbocycles. The van der Waals surface area contributed by atoms with E-state index in [1.54, 1.807) is 0 Å². The van der Waals surface area contributed by atoms with Gasteiger partial charge in [-0.3, -0.25) is 5.01 Å². The number of nitrogens with zero attached hydrogens (tertiary/aromatic N) is 2. The molecule has 6 heteroatoms. The van der Waals surface area contributed by atoms with Crippen LogP contribution in [0.15, 0.2) is 42.6 Å². The predicted octanol–water partition coefficient (Wildman–Crippen LogP) is 1.07. The Morgan fingerprint density at radius 3 is 2.95 bits per heavy atom. The average Bonchev–Trinajstić information content (AvgIpc) is 2.84. The second kappa shape index (κ2) is 7.79. The fraction of sp³-hybridized carbons (Fsp3) is 0.562. The van der Waals surface area contributed by atoms with Gasteiger partial charge in [0.05, 0.1) is 24.2 Å². The van der Waals surface area contributed by atoms with Crippen molar-refractivity contribution >= 4 is 11.8 Å². The standard InChI is InChI=1S/C16H27N5S/c1-12(2)19-20(10-8-17-4)9-6-7-14-11-21-13(3)15(18-5)16(21)22-14/h7,9,14-19H,1,3,8,10-11H2,2,4-5H3/t6?,14-,15+,16?/m0/s1. The Morgan fingerprint density at radius 2 is 2.32 bits per heavy atom. The average molecular weight is 321 g/mol. The van der Waals surface area contributed by atoms with Crippen molar-refractivity contribution in [2.24, 2.45) is 0 Å². The molecule has 0 radical (unpaired) electrons. The quantitative estimate of drug-likeness (QED) is 0.459. The first-order chi connectivity index (χ1) is 10.6. The summed E-state index contributed by atoms with van der Waals surface area (Å²) in [5, 5.41) is 9.45. The number of nitrogens with one attached hydrogen (secondary N) is 3. The van der Waals surface area contributed by atoms with Gasteiger partial charge in [-0.25, -0.2) is 0 Å². The third kappa shape index (κ3) is 3.90. The van der Waals surface area contributed by atoms with Crippen LogP contribution in [0.2, 0.25) is 0 Å². The lowest BCUT2D eigenvalue weighted by molar-refractivity contribution is 0.200. The van der Waals surface area contributed by atoms with Gasteiger partial charge in [0.2, 0.25) is 0 Å². The van der Waals surface area contributed by atoms with Crippen molar-refractivity contribution in [1.29, 1.82) is 0 Å². The number of fused-ring (bicyclic) bond motifs is 1. The van der Waals surface area contributed by atoms with Crippen LogP contribution < -0.4 is 16.1 Å². The van der Waals surface area contributed by atoms with Crippen LogP contribution in [0.4, 0.5) is 0 Å². The van der Waals surface area contributed by atoms with Gasteiger partial charge in [0.15, 0.2) is 0 Å². The zero-order valence-electron chi connectivity index (χ0n) is 13.7. The number of hydrogen-bond acceptors (Lipinski definition) is 6. The molecular weight excluding hydrogens is 294 g/mol. The summed E-state index contributed by atoms with van der Waals surface area (Å²) in [6, 6.07) is 0.421. The Kier molecular flexibility index (Phi) is 6.03. The minimum Gasteiger partial charge on any atom is -0.358 e. The van der Waals surface area contributed by atoms with E-state index in [9.17, 15) is 0 Å². The number of rotatable bonds is 8. The topological polar surface area (TPSA) is 42.6 Å². The van der Waals surface area contributed by atoms with Gasteiger partial charge in [0, 0.05) is 29.7 Å². The molecular formula is C16H27N5S. The van der Waals surface area contributed by atoms with Crippen LogP contribution in [0.5, 0.6) is 0 Å². The second-order valence-corrected chi connectivity index (χ2v) is 6.99. The molecule has 3 N–H and O–H groups in total. The first kappa shape index (κ1) is 17.0. The van der Waals surface area contributed by atoms with E-state index in [-0.39, 0.29) is 0 Å². The SMILES string of the molecule is C=C(C)NN(C=C=C[C@H]1CN2C(=C)[C@@H](NC)C2S1)CCNC. The van der Waals surface area contributed by atoms with Gasteiger partial charge in [0.1, 0.15) is 0 Å². The summed E-state index contributed by atoms with van der Waals surface area (Å²) >= 11 is 1.98. The summed E-state index contributed by atoms with van der Waals surface area (Å²) < 4.78 is 0. The third-order valence-corrected chi connectivity index (χ3v) is 5.21. The number of thioether (sulfide) groups is 1. The highest BCUT2D eigenvalue weighted by molar-refractivity contribution is 8.01. The van der Waals surface area contributed by atoms with Crippen LogP contribution in [0, 0.1) is 0 Å². The van der Waals surface area contributed by atoms with Gasteiger partial charge in [0.25, 0.3) is 0 Å². The maximum absolute atomic E-state index is 4.14. The largest absolute Gasteiger partial charge is 0.358 e. The fourth-order valence-corrected chi connectivity index (χ4v) is 4.25. The summed E-state index contributed by atoms with van der Waals surface area (Å²) in [6.07, 6.45) is 4.10. The molecule has 0 bridgehead atoms. The Bertz CT molecular complexity index is 483. The molecule has 2 aliphatic rings. The van der Waals surface area contributed by atoms with Crippen LogP contribution >= 0.6 is 11.8 Å².